The molecule has 1 aliphatic rings. The number of amides is 1. The van der Waals surface area contributed by atoms with Crippen LogP contribution in [0.5, 0.6) is 0 Å². The van der Waals surface area contributed by atoms with E-state index in [0.717, 1.165) is 16.9 Å². The van der Waals surface area contributed by atoms with Crippen molar-refractivity contribution in [2.75, 3.05) is 23.7 Å². The lowest BCUT2D eigenvalue weighted by atomic mass is 10.0. The van der Waals surface area contributed by atoms with Crippen molar-refractivity contribution in [2.24, 2.45) is 0 Å². The van der Waals surface area contributed by atoms with Crippen LogP contribution in [0.15, 0.2) is 72.8 Å². The lowest BCUT2D eigenvalue weighted by Gasteiger charge is -2.38. The standard InChI is InChI=1S/C28H33N3O2/c1-19-8-12-22(13-9-19)16-27(28(33)31-17-24(32)18-31)30-26-7-5-4-6-25(26)29-21(3)23-14-10-20(2)11-15-23/h4-15,21,24,27,29-30,32H,16-18H2,1-3H3/t21?,27-/m0/s1. The molecule has 1 fully saturated rings. The fourth-order valence-corrected chi connectivity index (χ4v) is 4.11. The van der Waals surface area contributed by atoms with E-state index in [2.05, 4.69) is 79.9 Å². The molecule has 4 rings (SSSR count). The van der Waals surface area contributed by atoms with Gasteiger partial charge < -0.3 is 20.6 Å². The van der Waals surface area contributed by atoms with Gasteiger partial charge in [0.25, 0.3) is 0 Å². The first kappa shape index (κ1) is 22.9. The van der Waals surface area contributed by atoms with Gasteiger partial charge in [0, 0.05) is 25.6 Å². The van der Waals surface area contributed by atoms with Gasteiger partial charge in [0.15, 0.2) is 0 Å². The summed E-state index contributed by atoms with van der Waals surface area (Å²) >= 11 is 0. The fraction of sp³-hybridized carbons (Fsp3) is 0.321. The molecule has 172 valence electrons. The predicted octanol–water partition coefficient (Wildman–Crippen LogP) is 4.70. The first-order valence-corrected chi connectivity index (χ1v) is 11.6. The van der Waals surface area contributed by atoms with Gasteiger partial charge in [0.05, 0.1) is 17.5 Å². The van der Waals surface area contributed by atoms with Crippen LogP contribution in [0, 0.1) is 13.8 Å². The van der Waals surface area contributed by atoms with Crippen LogP contribution in [0.2, 0.25) is 0 Å². The summed E-state index contributed by atoms with van der Waals surface area (Å²) in [4.78, 5) is 15.0. The maximum absolute atomic E-state index is 13.3. The van der Waals surface area contributed by atoms with E-state index in [4.69, 9.17) is 0 Å². The van der Waals surface area contributed by atoms with Crippen molar-refractivity contribution >= 4 is 17.3 Å². The van der Waals surface area contributed by atoms with Crippen molar-refractivity contribution in [1.82, 2.24) is 4.90 Å². The molecule has 1 heterocycles. The molecule has 3 aromatic carbocycles. The van der Waals surface area contributed by atoms with Crippen molar-refractivity contribution in [2.45, 2.75) is 45.4 Å². The molecule has 5 nitrogen and oxygen atoms in total. The molecule has 3 N–H and O–H groups in total. The summed E-state index contributed by atoms with van der Waals surface area (Å²) < 4.78 is 0. The average molecular weight is 444 g/mol. The first-order chi connectivity index (χ1) is 15.9. The van der Waals surface area contributed by atoms with Crippen LogP contribution in [0.3, 0.4) is 0 Å². The van der Waals surface area contributed by atoms with Crippen molar-refractivity contribution in [1.29, 1.82) is 0 Å². The first-order valence-electron chi connectivity index (χ1n) is 11.6. The summed E-state index contributed by atoms with van der Waals surface area (Å²) in [5.74, 6) is 0.0160. The van der Waals surface area contributed by atoms with E-state index in [1.54, 1.807) is 4.90 Å². The highest BCUT2D eigenvalue weighted by Gasteiger charge is 2.33. The zero-order valence-electron chi connectivity index (χ0n) is 19.6. The number of hydrogen-bond acceptors (Lipinski definition) is 4. The highest BCUT2D eigenvalue weighted by Crippen LogP contribution is 2.28. The predicted molar refractivity (Wildman–Crippen MR) is 135 cm³/mol. The summed E-state index contributed by atoms with van der Waals surface area (Å²) in [7, 11) is 0. The van der Waals surface area contributed by atoms with Crippen LogP contribution < -0.4 is 10.6 Å². The maximum Gasteiger partial charge on any atom is 0.245 e. The second-order valence-electron chi connectivity index (χ2n) is 9.11. The van der Waals surface area contributed by atoms with Crippen LogP contribution >= 0.6 is 0 Å². The lowest BCUT2D eigenvalue weighted by molar-refractivity contribution is -0.142. The minimum atomic E-state index is -0.419. The van der Waals surface area contributed by atoms with Crippen molar-refractivity contribution in [3.8, 4) is 0 Å². The molecule has 3 aromatic rings. The zero-order valence-corrected chi connectivity index (χ0v) is 19.6. The quantitative estimate of drug-likeness (QED) is 0.472. The Bertz CT molecular complexity index is 1070. The Kier molecular flexibility index (Phi) is 6.99. The second-order valence-corrected chi connectivity index (χ2v) is 9.11. The van der Waals surface area contributed by atoms with Crippen LogP contribution in [-0.4, -0.2) is 41.1 Å². The highest BCUT2D eigenvalue weighted by atomic mass is 16.3. The number of nitrogens with one attached hydrogen (secondary N) is 2. The molecule has 1 aliphatic heterocycles. The van der Waals surface area contributed by atoms with Crippen LogP contribution in [-0.2, 0) is 11.2 Å². The van der Waals surface area contributed by atoms with Gasteiger partial charge in [-0.2, -0.15) is 0 Å². The summed E-state index contributed by atoms with van der Waals surface area (Å²) in [5, 5.41) is 16.8. The van der Waals surface area contributed by atoms with Crippen molar-refractivity contribution in [3.05, 3.63) is 95.1 Å². The summed E-state index contributed by atoms with van der Waals surface area (Å²) in [6.07, 6.45) is 0.159. The molecule has 33 heavy (non-hydrogen) atoms. The van der Waals surface area contributed by atoms with Gasteiger partial charge in [-0.15, -0.1) is 0 Å². The normalized spacial score (nSPS) is 15.5. The molecule has 0 aromatic heterocycles. The molecule has 1 saturated heterocycles. The molecule has 0 spiro atoms. The molecule has 1 amide bonds. The zero-order chi connectivity index (χ0) is 23.4. The SMILES string of the molecule is Cc1ccc(C[C@H](Nc2ccccc2NC(C)c2ccc(C)cc2)C(=O)N2CC(O)C2)cc1. The second kappa shape index (κ2) is 10.1. The third-order valence-corrected chi connectivity index (χ3v) is 6.24. The smallest absolute Gasteiger partial charge is 0.245 e. The molecule has 2 atom stereocenters. The van der Waals surface area contributed by atoms with E-state index in [9.17, 15) is 9.90 Å². The van der Waals surface area contributed by atoms with Gasteiger partial charge in [-0.05, 0) is 44.0 Å². The third-order valence-electron chi connectivity index (χ3n) is 6.24. The number of aliphatic hydroxyl groups excluding tert-OH is 1. The number of carbonyl (C=O) groups excluding carboxylic acids is 1. The number of aliphatic hydroxyl groups is 1. The third kappa shape index (κ3) is 5.74. The van der Waals surface area contributed by atoms with E-state index in [-0.39, 0.29) is 11.9 Å². The van der Waals surface area contributed by atoms with Crippen LogP contribution in [0.4, 0.5) is 11.4 Å². The Labute approximate surface area is 196 Å². The topological polar surface area (TPSA) is 64.6 Å². The number of rotatable bonds is 8. The summed E-state index contributed by atoms with van der Waals surface area (Å²) in [6.45, 7) is 7.08. The Morgan fingerprint density at radius 1 is 0.909 bits per heavy atom. The Morgan fingerprint density at radius 2 is 1.45 bits per heavy atom. The average Bonchev–Trinajstić information content (AvgIpc) is 2.79. The number of hydrogen-bond donors (Lipinski definition) is 3. The minimum absolute atomic E-state index is 0.0160. The number of para-hydroxylation sites is 2. The molecule has 5 heteroatoms. The van der Waals surface area contributed by atoms with Crippen LogP contribution in [0.1, 0.15) is 35.2 Å². The van der Waals surface area contributed by atoms with Gasteiger partial charge in [-0.3, -0.25) is 4.79 Å². The Hall–Kier alpha value is -3.31. The molecule has 0 saturated carbocycles. The number of anilines is 2. The van der Waals surface area contributed by atoms with E-state index >= 15 is 0 Å². The van der Waals surface area contributed by atoms with Crippen LogP contribution in [0.25, 0.3) is 0 Å². The van der Waals surface area contributed by atoms with E-state index < -0.39 is 12.1 Å². The van der Waals surface area contributed by atoms with E-state index in [0.29, 0.717) is 19.5 Å². The molecule has 1 unspecified atom stereocenters. The largest absolute Gasteiger partial charge is 0.389 e. The van der Waals surface area contributed by atoms with Gasteiger partial charge >= 0.3 is 0 Å². The minimum Gasteiger partial charge on any atom is -0.389 e. The van der Waals surface area contributed by atoms with Crippen molar-refractivity contribution in [3.63, 3.8) is 0 Å². The van der Waals surface area contributed by atoms with Gasteiger partial charge in [0.1, 0.15) is 6.04 Å². The number of aryl methyl sites for hydroxylation is 2. The Balaban J connectivity index is 1.54. The molecule has 0 radical (unpaired) electrons. The number of benzene rings is 3. The maximum atomic E-state index is 13.3. The number of likely N-dealkylation sites (tertiary alicyclic amines) is 1. The molecule has 0 aliphatic carbocycles. The number of carbonyl (C=O) groups is 1. The van der Waals surface area contributed by atoms with Gasteiger partial charge in [0.2, 0.25) is 5.91 Å². The summed E-state index contributed by atoms with van der Waals surface area (Å²) in [5.41, 5.74) is 6.59. The van der Waals surface area contributed by atoms with E-state index in [1.165, 1.54) is 16.7 Å². The van der Waals surface area contributed by atoms with E-state index in [1.807, 2.05) is 24.3 Å². The molecular weight excluding hydrogens is 410 g/mol. The van der Waals surface area contributed by atoms with Crippen molar-refractivity contribution < 1.29 is 9.90 Å². The van der Waals surface area contributed by atoms with Gasteiger partial charge in [-0.25, -0.2) is 0 Å². The Morgan fingerprint density at radius 3 is 2.03 bits per heavy atom. The van der Waals surface area contributed by atoms with Gasteiger partial charge in [-0.1, -0.05) is 71.8 Å². The molecular formula is C28H33N3O2. The monoisotopic (exact) mass is 443 g/mol. The molecule has 0 bridgehead atoms. The fourth-order valence-electron chi connectivity index (χ4n) is 4.11. The lowest BCUT2D eigenvalue weighted by Crippen LogP contribution is -2.57. The number of nitrogens with zero attached hydrogens (tertiary/aromatic N) is 1. The number of β-amino-alcohol motifs (C(OH)–C–C–N with tert-alkyl or cyclic N) is 1. The highest BCUT2D eigenvalue weighted by molar-refractivity contribution is 5.87. The summed E-state index contributed by atoms with van der Waals surface area (Å²) in [6, 6.07) is 24.5.